The first kappa shape index (κ1) is 15.7. The number of nitrogens with zero attached hydrogens (tertiary/aromatic N) is 1. The van der Waals surface area contributed by atoms with E-state index in [0.29, 0.717) is 6.42 Å². The van der Waals surface area contributed by atoms with E-state index in [0.717, 1.165) is 17.5 Å². The summed E-state index contributed by atoms with van der Waals surface area (Å²) in [6.45, 7) is 0. The number of pyridine rings is 1. The van der Waals surface area contributed by atoms with Crippen molar-refractivity contribution < 1.29 is 14.6 Å². The highest BCUT2D eigenvalue weighted by Crippen LogP contribution is 2.20. The van der Waals surface area contributed by atoms with Crippen LogP contribution in [0, 0.1) is 0 Å². The molecule has 0 unspecified atom stereocenters. The first-order valence-electron chi connectivity index (χ1n) is 7.67. The SMILES string of the molecule is O=C(O)Oc1ncccc1Cc1cccc(Cc2ccccc2)c1. The van der Waals surface area contributed by atoms with Crippen LogP contribution in [-0.4, -0.2) is 16.2 Å². The molecule has 120 valence electrons. The summed E-state index contributed by atoms with van der Waals surface area (Å²) in [6.07, 6.45) is 1.60. The Kier molecular flexibility index (Phi) is 4.87. The van der Waals surface area contributed by atoms with Crippen LogP contribution >= 0.6 is 0 Å². The third-order valence-electron chi connectivity index (χ3n) is 3.67. The van der Waals surface area contributed by atoms with Gasteiger partial charge in [-0.05, 0) is 29.2 Å². The Morgan fingerprint density at radius 2 is 1.58 bits per heavy atom. The maximum absolute atomic E-state index is 10.8. The molecule has 0 aliphatic heterocycles. The summed E-state index contributed by atoms with van der Waals surface area (Å²) in [5, 5.41) is 8.80. The predicted octanol–water partition coefficient (Wildman–Crippen LogP) is 4.32. The minimum absolute atomic E-state index is 0.137. The van der Waals surface area contributed by atoms with E-state index in [9.17, 15) is 4.79 Å². The van der Waals surface area contributed by atoms with Gasteiger partial charge in [0.25, 0.3) is 0 Å². The van der Waals surface area contributed by atoms with Gasteiger partial charge in [0.15, 0.2) is 0 Å². The number of rotatable bonds is 5. The van der Waals surface area contributed by atoms with Gasteiger partial charge < -0.3 is 9.84 Å². The van der Waals surface area contributed by atoms with Gasteiger partial charge in [-0.2, -0.15) is 0 Å². The van der Waals surface area contributed by atoms with Crippen LogP contribution in [0.2, 0.25) is 0 Å². The smallest absolute Gasteiger partial charge is 0.449 e. The first-order valence-corrected chi connectivity index (χ1v) is 7.67. The average molecular weight is 319 g/mol. The van der Waals surface area contributed by atoms with Crippen LogP contribution in [0.1, 0.15) is 22.3 Å². The van der Waals surface area contributed by atoms with Crippen molar-refractivity contribution in [3.63, 3.8) is 0 Å². The molecule has 0 amide bonds. The molecule has 0 spiro atoms. The predicted molar refractivity (Wildman–Crippen MR) is 91.4 cm³/mol. The van der Waals surface area contributed by atoms with E-state index in [4.69, 9.17) is 9.84 Å². The minimum atomic E-state index is -1.35. The largest absolute Gasteiger partial charge is 0.512 e. The normalized spacial score (nSPS) is 10.3. The van der Waals surface area contributed by atoms with E-state index in [-0.39, 0.29) is 5.88 Å². The van der Waals surface area contributed by atoms with Crippen LogP contribution in [-0.2, 0) is 12.8 Å². The second-order valence-electron chi connectivity index (χ2n) is 5.49. The fraction of sp³-hybridized carbons (Fsp3) is 0.100. The zero-order valence-corrected chi connectivity index (χ0v) is 13.1. The lowest BCUT2D eigenvalue weighted by molar-refractivity contribution is 0.142. The van der Waals surface area contributed by atoms with E-state index in [2.05, 4.69) is 29.2 Å². The molecule has 1 aromatic heterocycles. The van der Waals surface area contributed by atoms with Crippen molar-refractivity contribution in [3.05, 3.63) is 95.2 Å². The Morgan fingerprint density at radius 1 is 0.875 bits per heavy atom. The van der Waals surface area contributed by atoms with Crippen molar-refractivity contribution in [1.82, 2.24) is 4.98 Å². The number of carbonyl (C=O) groups is 1. The van der Waals surface area contributed by atoms with Crippen molar-refractivity contribution in [2.45, 2.75) is 12.8 Å². The van der Waals surface area contributed by atoms with Gasteiger partial charge >= 0.3 is 6.16 Å². The van der Waals surface area contributed by atoms with Crippen LogP contribution < -0.4 is 4.74 Å². The number of aromatic nitrogens is 1. The molecule has 2 aromatic carbocycles. The molecule has 0 aliphatic carbocycles. The maximum Gasteiger partial charge on any atom is 0.512 e. The summed E-state index contributed by atoms with van der Waals surface area (Å²) in [6, 6.07) is 22.1. The van der Waals surface area contributed by atoms with Crippen LogP contribution in [0.5, 0.6) is 5.88 Å². The molecule has 1 N–H and O–H groups in total. The van der Waals surface area contributed by atoms with Crippen molar-refractivity contribution in [3.8, 4) is 5.88 Å². The number of ether oxygens (including phenoxy) is 1. The minimum Gasteiger partial charge on any atom is -0.449 e. The molecule has 3 rings (SSSR count). The van der Waals surface area contributed by atoms with E-state index in [1.165, 1.54) is 17.3 Å². The molecule has 0 radical (unpaired) electrons. The highest BCUT2D eigenvalue weighted by Gasteiger charge is 2.10. The molecule has 0 bridgehead atoms. The van der Waals surface area contributed by atoms with Crippen LogP contribution in [0.3, 0.4) is 0 Å². The highest BCUT2D eigenvalue weighted by atomic mass is 16.7. The van der Waals surface area contributed by atoms with Crippen LogP contribution in [0.25, 0.3) is 0 Å². The van der Waals surface area contributed by atoms with E-state index in [1.807, 2.05) is 36.4 Å². The summed E-state index contributed by atoms with van der Waals surface area (Å²) < 4.78 is 4.75. The van der Waals surface area contributed by atoms with Gasteiger partial charge in [-0.25, -0.2) is 9.78 Å². The molecule has 4 heteroatoms. The number of hydrogen-bond donors (Lipinski definition) is 1. The summed E-state index contributed by atoms with van der Waals surface area (Å²) in [4.78, 5) is 14.8. The summed E-state index contributed by atoms with van der Waals surface area (Å²) in [5.74, 6) is 0.137. The van der Waals surface area contributed by atoms with Gasteiger partial charge in [-0.1, -0.05) is 60.7 Å². The molecule has 24 heavy (non-hydrogen) atoms. The van der Waals surface area contributed by atoms with Gasteiger partial charge in [0.2, 0.25) is 5.88 Å². The molecular weight excluding hydrogens is 302 g/mol. The maximum atomic E-state index is 10.8. The lowest BCUT2D eigenvalue weighted by Gasteiger charge is -2.08. The quantitative estimate of drug-likeness (QED) is 0.712. The zero-order valence-electron chi connectivity index (χ0n) is 13.1. The van der Waals surface area contributed by atoms with Gasteiger partial charge in [0.1, 0.15) is 0 Å². The third-order valence-corrected chi connectivity index (χ3v) is 3.67. The fourth-order valence-corrected chi connectivity index (χ4v) is 2.63. The average Bonchev–Trinajstić information content (AvgIpc) is 2.57. The first-order chi connectivity index (χ1) is 11.7. The van der Waals surface area contributed by atoms with Gasteiger partial charge in [0.05, 0.1) is 0 Å². The lowest BCUT2D eigenvalue weighted by atomic mass is 10.00. The summed E-state index contributed by atoms with van der Waals surface area (Å²) in [5.41, 5.74) is 4.30. The van der Waals surface area contributed by atoms with Crippen molar-refractivity contribution in [1.29, 1.82) is 0 Å². The highest BCUT2D eigenvalue weighted by molar-refractivity contribution is 5.61. The van der Waals surface area contributed by atoms with Crippen molar-refractivity contribution >= 4 is 6.16 Å². The van der Waals surface area contributed by atoms with Crippen molar-refractivity contribution in [2.75, 3.05) is 0 Å². The van der Waals surface area contributed by atoms with E-state index in [1.54, 1.807) is 6.07 Å². The Bertz CT molecular complexity index is 831. The topological polar surface area (TPSA) is 59.4 Å². The summed E-state index contributed by atoms with van der Waals surface area (Å²) in [7, 11) is 0. The molecule has 4 nitrogen and oxygen atoms in total. The van der Waals surface area contributed by atoms with Gasteiger partial charge in [-0.3, -0.25) is 0 Å². The molecule has 1 heterocycles. The van der Waals surface area contributed by atoms with E-state index < -0.39 is 6.16 Å². The lowest BCUT2D eigenvalue weighted by Crippen LogP contribution is -2.07. The van der Waals surface area contributed by atoms with Crippen LogP contribution in [0.15, 0.2) is 72.9 Å². The Balaban J connectivity index is 1.79. The van der Waals surface area contributed by atoms with Crippen LogP contribution in [0.4, 0.5) is 4.79 Å². The summed E-state index contributed by atoms with van der Waals surface area (Å²) >= 11 is 0. The monoisotopic (exact) mass is 319 g/mol. The second-order valence-corrected chi connectivity index (χ2v) is 5.49. The van der Waals surface area contributed by atoms with Gasteiger partial charge in [0, 0.05) is 18.2 Å². The third kappa shape index (κ3) is 4.20. The Morgan fingerprint density at radius 3 is 2.33 bits per heavy atom. The molecular formula is C20H17NO3. The van der Waals surface area contributed by atoms with Gasteiger partial charge in [-0.15, -0.1) is 0 Å². The Hall–Kier alpha value is -3.14. The molecule has 0 saturated heterocycles. The zero-order chi connectivity index (χ0) is 16.8. The Labute approximate surface area is 140 Å². The number of hydrogen-bond acceptors (Lipinski definition) is 3. The molecule has 0 atom stereocenters. The second kappa shape index (κ2) is 7.42. The molecule has 0 saturated carbocycles. The molecule has 0 fully saturated rings. The standard InChI is InChI=1S/C20H17NO3/c22-20(23)24-19-18(10-5-11-21-19)14-17-9-4-8-16(13-17)12-15-6-2-1-3-7-15/h1-11,13H,12,14H2,(H,22,23). The van der Waals surface area contributed by atoms with Crippen molar-refractivity contribution in [2.24, 2.45) is 0 Å². The fourth-order valence-electron chi connectivity index (χ4n) is 2.63. The number of carboxylic acid groups (broad SMARTS) is 1. The number of benzene rings is 2. The van der Waals surface area contributed by atoms with E-state index >= 15 is 0 Å². The molecule has 0 aliphatic rings. The molecule has 3 aromatic rings.